The summed E-state index contributed by atoms with van der Waals surface area (Å²) in [6.45, 7) is 5.77. The second-order valence-corrected chi connectivity index (χ2v) is 5.23. The van der Waals surface area contributed by atoms with Crippen LogP contribution in [0.25, 0.3) is 0 Å². The van der Waals surface area contributed by atoms with Gasteiger partial charge in [0.15, 0.2) is 5.82 Å². The van der Waals surface area contributed by atoms with Crippen molar-refractivity contribution in [2.75, 3.05) is 23.7 Å². The minimum atomic E-state index is 0.476. The van der Waals surface area contributed by atoms with Gasteiger partial charge in [-0.25, -0.2) is 4.98 Å². The van der Waals surface area contributed by atoms with Crippen molar-refractivity contribution in [3.63, 3.8) is 0 Å². The number of aromatic nitrogens is 1. The van der Waals surface area contributed by atoms with Crippen LogP contribution in [0.15, 0.2) is 16.7 Å². The number of pyridine rings is 1. The molecule has 92 valence electrons. The van der Waals surface area contributed by atoms with Crippen molar-refractivity contribution in [1.82, 2.24) is 4.98 Å². The molecule has 0 saturated heterocycles. The fourth-order valence-corrected chi connectivity index (χ4v) is 1.97. The van der Waals surface area contributed by atoms with Gasteiger partial charge in [-0.1, -0.05) is 13.8 Å². The van der Waals surface area contributed by atoms with Gasteiger partial charge < -0.3 is 10.6 Å². The first kappa shape index (κ1) is 13.8. The quantitative estimate of drug-likeness (QED) is 0.907. The molecule has 0 aromatic carbocycles. The van der Waals surface area contributed by atoms with Crippen molar-refractivity contribution in [2.24, 2.45) is 5.92 Å². The van der Waals surface area contributed by atoms with Crippen molar-refractivity contribution in [2.45, 2.75) is 20.3 Å². The van der Waals surface area contributed by atoms with Gasteiger partial charge in [0.1, 0.15) is 0 Å². The fraction of sp³-hybridized carbons (Fsp3) is 0.500. The van der Waals surface area contributed by atoms with Crippen LogP contribution in [0.4, 0.5) is 11.5 Å². The number of nitrogens with zero attached hydrogens (tertiary/aromatic N) is 3. The molecule has 1 rings (SSSR count). The van der Waals surface area contributed by atoms with E-state index in [1.165, 1.54) is 0 Å². The van der Waals surface area contributed by atoms with Crippen LogP contribution in [-0.2, 0) is 0 Å². The predicted octanol–water partition coefficient (Wildman–Crippen LogP) is 2.80. The molecule has 0 unspecified atom stereocenters. The smallest absolute Gasteiger partial charge is 0.151 e. The lowest BCUT2D eigenvalue weighted by molar-refractivity contribution is 0.608. The van der Waals surface area contributed by atoms with Gasteiger partial charge in [0, 0.05) is 23.8 Å². The van der Waals surface area contributed by atoms with E-state index in [0.717, 1.165) is 16.8 Å². The molecular formula is C12H17BrN4. The van der Waals surface area contributed by atoms with Crippen LogP contribution >= 0.6 is 15.9 Å². The fourth-order valence-electron chi connectivity index (χ4n) is 1.62. The van der Waals surface area contributed by atoms with Crippen LogP contribution in [-0.4, -0.2) is 18.1 Å². The van der Waals surface area contributed by atoms with E-state index in [2.05, 4.69) is 45.7 Å². The van der Waals surface area contributed by atoms with E-state index in [4.69, 9.17) is 11.0 Å². The summed E-state index contributed by atoms with van der Waals surface area (Å²) in [6.07, 6.45) is 2.20. The zero-order valence-electron chi connectivity index (χ0n) is 10.2. The predicted molar refractivity (Wildman–Crippen MR) is 73.6 cm³/mol. The molecule has 17 heavy (non-hydrogen) atoms. The SMILES string of the molecule is CC(C)CN(CCC#N)c1ncc(Br)cc1N. The van der Waals surface area contributed by atoms with Crippen LogP contribution in [0.3, 0.4) is 0 Å². The van der Waals surface area contributed by atoms with E-state index in [1.807, 2.05) is 6.07 Å². The maximum absolute atomic E-state index is 8.67. The highest BCUT2D eigenvalue weighted by Crippen LogP contribution is 2.24. The number of hydrogen-bond acceptors (Lipinski definition) is 4. The van der Waals surface area contributed by atoms with Gasteiger partial charge in [0.05, 0.1) is 18.2 Å². The van der Waals surface area contributed by atoms with Crippen molar-refractivity contribution in [3.8, 4) is 6.07 Å². The molecule has 0 saturated carbocycles. The van der Waals surface area contributed by atoms with Gasteiger partial charge in [-0.2, -0.15) is 5.26 Å². The number of anilines is 2. The molecule has 0 radical (unpaired) electrons. The Bertz CT molecular complexity index is 411. The Morgan fingerprint density at radius 3 is 2.82 bits per heavy atom. The molecule has 0 bridgehead atoms. The van der Waals surface area contributed by atoms with Gasteiger partial charge in [-0.3, -0.25) is 0 Å². The minimum absolute atomic E-state index is 0.476. The molecule has 1 aromatic rings. The summed E-state index contributed by atoms with van der Waals surface area (Å²) in [7, 11) is 0. The number of nitriles is 1. The third-order valence-corrected chi connectivity index (χ3v) is 2.67. The lowest BCUT2D eigenvalue weighted by Gasteiger charge is -2.25. The molecule has 0 fully saturated rings. The Morgan fingerprint density at radius 1 is 1.59 bits per heavy atom. The lowest BCUT2D eigenvalue weighted by Crippen LogP contribution is -2.30. The van der Waals surface area contributed by atoms with Gasteiger partial charge >= 0.3 is 0 Å². The van der Waals surface area contributed by atoms with Crippen molar-refractivity contribution in [1.29, 1.82) is 5.26 Å². The molecular weight excluding hydrogens is 280 g/mol. The average molecular weight is 297 g/mol. The van der Waals surface area contributed by atoms with E-state index < -0.39 is 0 Å². The second-order valence-electron chi connectivity index (χ2n) is 4.31. The number of rotatable bonds is 5. The number of halogens is 1. The van der Waals surface area contributed by atoms with E-state index in [9.17, 15) is 0 Å². The number of nitrogen functional groups attached to an aromatic ring is 1. The van der Waals surface area contributed by atoms with Crippen molar-refractivity contribution >= 4 is 27.4 Å². The molecule has 5 heteroatoms. The molecule has 1 heterocycles. The summed E-state index contributed by atoms with van der Waals surface area (Å²) in [5, 5.41) is 8.67. The number of nitrogens with two attached hydrogens (primary N) is 1. The molecule has 0 amide bonds. The first-order valence-electron chi connectivity index (χ1n) is 5.57. The van der Waals surface area contributed by atoms with Crippen LogP contribution in [0.2, 0.25) is 0 Å². The molecule has 2 N–H and O–H groups in total. The van der Waals surface area contributed by atoms with Crippen LogP contribution < -0.4 is 10.6 Å². The van der Waals surface area contributed by atoms with E-state index >= 15 is 0 Å². The highest BCUT2D eigenvalue weighted by Gasteiger charge is 2.12. The highest BCUT2D eigenvalue weighted by atomic mass is 79.9. The maximum Gasteiger partial charge on any atom is 0.151 e. The number of hydrogen-bond donors (Lipinski definition) is 1. The van der Waals surface area contributed by atoms with Crippen molar-refractivity contribution in [3.05, 3.63) is 16.7 Å². The Kier molecular flexibility index (Phi) is 5.23. The standard InChI is InChI=1S/C12H17BrN4/c1-9(2)8-17(5-3-4-14)12-11(15)6-10(13)7-16-12/h6-7,9H,3,5,8,15H2,1-2H3. The van der Waals surface area contributed by atoms with Crippen LogP contribution in [0.1, 0.15) is 20.3 Å². The average Bonchev–Trinajstić information content (AvgIpc) is 2.24. The Morgan fingerprint density at radius 2 is 2.29 bits per heavy atom. The summed E-state index contributed by atoms with van der Waals surface area (Å²) < 4.78 is 0.864. The van der Waals surface area contributed by atoms with Gasteiger partial charge in [0.25, 0.3) is 0 Å². The molecule has 1 aromatic heterocycles. The molecule has 0 spiro atoms. The maximum atomic E-state index is 8.67. The normalized spacial score (nSPS) is 10.3. The summed E-state index contributed by atoms with van der Waals surface area (Å²) in [5.74, 6) is 1.26. The first-order chi connectivity index (χ1) is 8.04. The van der Waals surface area contributed by atoms with E-state index in [-0.39, 0.29) is 0 Å². The molecule has 4 nitrogen and oxygen atoms in total. The van der Waals surface area contributed by atoms with Crippen LogP contribution in [0, 0.1) is 17.2 Å². The van der Waals surface area contributed by atoms with Crippen LogP contribution in [0.5, 0.6) is 0 Å². The zero-order chi connectivity index (χ0) is 12.8. The molecule has 0 aliphatic heterocycles. The monoisotopic (exact) mass is 296 g/mol. The molecule has 0 aliphatic carbocycles. The van der Waals surface area contributed by atoms with Gasteiger partial charge in [-0.15, -0.1) is 0 Å². The third-order valence-electron chi connectivity index (χ3n) is 2.24. The Labute approximate surface area is 111 Å². The summed E-state index contributed by atoms with van der Waals surface area (Å²) >= 11 is 3.34. The topological polar surface area (TPSA) is 65.9 Å². The third kappa shape index (κ3) is 4.23. The van der Waals surface area contributed by atoms with E-state index in [1.54, 1.807) is 6.20 Å². The lowest BCUT2D eigenvalue weighted by atomic mass is 10.2. The largest absolute Gasteiger partial charge is 0.396 e. The minimum Gasteiger partial charge on any atom is -0.396 e. The van der Waals surface area contributed by atoms with Gasteiger partial charge in [-0.05, 0) is 27.9 Å². The Balaban J connectivity index is 2.91. The zero-order valence-corrected chi connectivity index (χ0v) is 11.7. The molecule has 0 atom stereocenters. The second kappa shape index (κ2) is 6.45. The highest BCUT2D eigenvalue weighted by molar-refractivity contribution is 9.10. The Hall–Kier alpha value is -1.28. The molecule has 0 aliphatic rings. The van der Waals surface area contributed by atoms with E-state index in [0.29, 0.717) is 24.6 Å². The summed E-state index contributed by atoms with van der Waals surface area (Å²) in [4.78, 5) is 6.39. The van der Waals surface area contributed by atoms with Crippen molar-refractivity contribution < 1.29 is 0 Å². The first-order valence-corrected chi connectivity index (χ1v) is 6.36. The summed E-state index contributed by atoms with van der Waals surface area (Å²) in [5.41, 5.74) is 6.59. The van der Waals surface area contributed by atoms with Gasteiger partial charge in [0.2, 0.25) is 0 Å². The summed E-state index contributed by atoms with van der Waals surface area (Å²) in [6, 6.07) is 3.99.